The van der Waals surface area contributed by atoms with Crippen LogP contribution in [0.4, 0.5) is 0 Å². The predicted octanol–water partition coefficient (Wildman–Crippen LogP) is 5.08. The lowest BCUT2D eigenvalue weighted by molar-refractivity contribution is 0.285. The van der Waals surface area contributed by atoms with Gasteiger partial charge in [0.2, 0.25) is 0 Å². The van der Waals surface area contributed by atoms with Crippen LogP contribution in [0.2, 0.25) is 0 Å². The van der Waals surface area contributed by atoms with Crippen LogP contribution in [0.15, 0.2) is 0 Å². The monoisotopic (exact) mass is 276 g/mol. The van der Waals surface area contributed by atoms with Crippen LogP contribution < -0.4 is 0 Å². The van der Waals surface area contributed by atoms with Crippen LogP contribution in [0.3, 0.4) is 0 Å². The number of hydrogen-bond donors (Lipinski definition) is 1. The van der Waals surface area contributed by atoms with E-state index < -0.39 is 0 Å². The SMILES string of the molecule is CCCCCCCCCCCC#CC#CCCCCO. The summed E-state index contributed by atoms with van der Waals surface area (Å²) in [4.78, 5) is 0. The van der Waals surface area contributed by atoms with E-state index in [0.29, 0.717) is 0 Å². The summed E-state index contributed by atoms with van der Waals surface area (Å²) in [5, 5.41) is 8.61. The van der Waals surface area contributed by atoms with Crippen molar-refractivity contribution in [3.8, 4) is 23.7 Å². The molecule has 0 aromatic rings. The maximum absolute atomic E-state index is 8.61. The van der Waals surface area contributed by atoms with Gasteiger partial charge >= 0.3 is 0 Å². The number of unbranched alkanes of at least 4 members (excludes halogenated alkanes) is 11. The maximum atomic E-state index is 8.61. The summed E-state index contributed by atoms with van der Waals surface area (Å²) in [7, 11) is 0. The van der Waals surface area contributed by atoms with Crippen molar-refractivity contribution in [3.05, 3.63) is 0 Å². The molecular formula is C19H32O. The molecule has 0 aromatic heterocycles. The van der Waals surface area contributed by atoms with Gasteiger partial charge in [0.05, 0.1) is 0 Å². The molecule has 0 aliphatic heterocycles. The van der Waals surface area contributed by atoms with Crippen LogP contribution in [0, 0.1) is 23.7 Å². The summed E-state index contributed by atoms with van der Waals surface area (Å²) in [5.74, 6) is 11.9. The molecular weight excluding hydrogens is 244 g/mol. The normalized spacial score (nSPS) is 9.50. The third-order valence-electron chi connectivity index (χ3n) is 3.35. The zero-order valence-corrected chi connectivity index (χ0v) is 13.3. The first kappa shape index (κ1) is 19.1. The molecule has 0 spiro atoms. The van der Waals surface area contributed by atoms with Crippen LogP contribution in [0.25, 0.3) is 0 Å². The van der Waals surface area contributed by atoms with Crippen LogP contribution in [0.5, 0.6) is 0 Å². The second-order valence-corrected chi connectivity index (χ2v) is 5.36. The van der Waals surface area contributed by atoms with Gasteiger partial charge in [-0.15, -0.1) is 0 Å². The first-order valence-corrected chi connectivity index (χ1v) is 8.48. The van der Waals surface area contributed by atoms with Crippen molar-refractivity contribution in [1.82, 2.24) is 0 Å². The molecule has 0 rings (SSSR count). The van der Waals surface area contributed by atoms with Crippen molar-refractivity contribution in [2.75, 3.05) is 6.61 Å². The Kier molecular flexibility index (Phi) is 17.2. The number of aliphatic hydroxyl groups is 1. The molecule has 0 bridgehead atoms. The van der Waals surface area contributed by atoms with E-state index in [9.17, 15) is 0 Å². The van der Waals surface area contributed by atoms with Crippen molar-refractivity contribution in [2.24, 2.45) is 0 Å². The van der Waals surface area contributed by atoms with Gasteiger partial charge in [-0.05, 0) is 31.1 Å². The standard InChI is InChI=1S/C19H32O/c1-2-3-4-5-6-7-8-9-10-11-12-13-14-15-16-17-18-19-20/h20H,2-11,16-19H2,1H3. The highest BCUT2D eigenvalue weighted by molar-refractivity contribution is 5.25. The average Bonchev–Trinajstić information content (AvgIpc) is 2.47. The van der Waals surface area contributed by atoms with E-state index in [2.05, 4.69) is 30.6 Å². The first-order valence-electron chi connectivity index (χ1n) is 8.48. The molecule has 0 aliphatic carbocycles. The van der Waals surface area contributed by atoms with Gasteiger partial charge in [0.1, 0.15) is 0 Å². The molecule has 0 amide bonds. The molecule has 0 atom stereocenters. The molecule has 1 N–H and O–H groups in total. The van der Waals surface area contributed by atoms with E-state index in [1.54, 1.807) is 0 Å². The highest BCUT2D eigenvalue weighted by Gasteiger charge is 1.90. The molecule has 0 unspecified atom stereocenters. The Morgan fingerprint density at radius 1 is 0.600 bits per heavy atom. The van der Waals surface area contributed by atoms with E-state index in [-0.39, 0.29) is 6.61 Å². The largest absolute Gasteiger partial charge is 0.396 e. The van der Waals surface area contributed by atoms with Crippen molar-refractivity contribution in [2.45, 2.75) is 90.4 Å². The van der Waals surface area contributed by atoms with Crippen LogP contribution in [-0.2, 0) is 0 Å². The lowest BCUT2D eigenvalue weighted by Gasteiger charge is -1.99. The van der Waals surface area contributed by atoms with Gasteiger partial charge in [-0.25, -0.2) is 0 Å². The quantitative estimate of drug-likeness (QED) is 0.389. The zero-order chi connectivity index (χ0) is 14.7. The van der Waals surface area contributed by atoms with Gasteiger partial charge < -0.3 is 5.11 Å². The minimum Gasteiger partial charge on any atom is -0.396 e. The Hall–Kier alpha value is -0.920. The zero-order valence-electron chi connectivity index (χ0n) is 13.3. The minimum absolute atomic E-state index is 0.270. The summed E-state index contributed by atoms with van der Waals surface area (Å²) < 4.78 is 0. The number of aliphatic hydroxyl groups excluding tert-OH is 1. The molecule has 0 aromatic carbocycles. The summed E-state index contributed by atoms with van der Waals surface area (Å²) in [6.07, 6.45) is 15.9. The fourth-order valence-corrected chi connectivity index (χ4v) is 2.06. The van der Waals surface area contributed by atoms with Gasteiger partial charge in [-0.3, -0.25) is 0 Å². The van der Waals surface area contributed by atoms with Gasteiger partial charge in [-0.2, -0.15) is 0 Å². The molecule has 1 heteroatoms. The minimum atomic E-state index is 0.270. The van der Waals surface area contributed by atoms with Gasteiger partial charge in [0.25, 0.3) is 0 Å². The maximum Gasteiger partial charge on any atom is 0.0431 e. The fourth-order valence-electron chi connectivity index (χ4n) is 2.06. The molecule has 114 valence electrons. The Balaban J connectivity index is 3.19. The van der Waals surface area contributed by atoms with E-state index >= 15 is 0 Å². The van der Waals surface area contributed by atoms with E-state index in [1.165, 1.54) is 57.8 Å². The van der Waals surface area contributed by atoms with E-state index in [0.717, 1.165) is 25.7 Å². The Bertz CT molecular complexity index is 297. The lowest BCUT2D eigenvalue weighted by Crippen LogP contribution is -1.81. The van der Waals surface area contributed by atoms with Crippen LogP contribution in [0.1, 0.15) is 90.4 Å². The lowest BCUT2D eigenvalue weighted by atomic mass is 10.1. The van der Waals surface area contributed by atoms with Gasteiger partial charge in [0, 0.05) is 19.4 Å². The molecule has 20 heavy (non-hydrogen) atoms. The Labute approximate surface area is 126 Å². The third kappa shape index (κ3) is 17.1. The average molecular weight is 276 g/mol. The second-order valence-electron chi connectivity index (χ2n) is 5.36. The smallest absolute Gasteiger partial charge is 0.0431 e. The molecule has 0 saturated heterocycles. The Morgan fingerprint density at radius 2 is 1.05 bits per heavy atom. The van der Waals surface area contributed by atoms with Crippen molar-refractivity contribution < 1.29 is 5.11 Å². The molecule has 0 heterocycles. The molecule has 0 aliphatic rings. The molecule has 0 radical (unpaired) electrons. The summed E-state index contributed by atoms with van der Waals surface area (Å²) >= 11 is 0. The highest BCUT2D eigenvalue weighted by Crippen LogP contribution is 2.10. The summed E-state index contributed by atoms with van der Waals surface area (Å²) in [6.45, 7) is 2.53. The fraction of sp³-hybridized carbons (Fsp3) is 0.789. The van der Waals surface area contributed by atoms with Crippen molar-refractivity contribution in [3.63, 3.8) is 0 Å². The number of hydrogen-bond acceptors (Lipinski definition) is 1. The van der Waals surface area contributed by atoms with Gasteiger partial charge in [-0.1, -0.05) is 70.1 Å². The Morgan fingerprint density at radius 3 is 1.55 bits per heavy atom. The summed E-state index contributed by atoms with van der Waals surface area (Å²) in [6, 6.07) is 0. The van der Waals surface area contributed by atoms with E-state index in [4.69, 9.17) is 5.11 Å². The molecule has 1 nitrogen and oxygen atoms in total. The van der Waals surface area contributed by atoms with Crippen LogP contribution >= 0.6 is 0 Å². The number of rotatable bonds is 12. The van der Waals surface area contributed by atoms with Gasteiger partial charge in [0.15, 0.2) is 0 Å². The van der Waals surface area contributed by atoms with E-state index in [1.807, 2.05) is 0 Å². The topological polar surface area (TPSA) is 20.2 Å². The molecule has 0 fully saturated rings. The van der Waals surface area contributed by atoms with Crippen molar-refractivity contribution in [1.29, 1.82) is 0 Å². The first-order chi connectivity index (χ1) is 9.91. The van der Waals surface area contributed by atoms with Crippen LogP contribution in [-0.4, -0.2) is 11.7 Å². The summed E-state index contributed by atoms with van der Waals surface area (Å²) in [5.41, 5.74) is 0. The second kappa shape index (κ2) is 18.1. The highest BCUT2D eigenvalue weighted by atomic mass is 16.2. The predicted molar refractivity (Wildman–Crippen MR) is 88.3 cm³/mol. The van der Waals surface area contributed by atoms with Crippen molar-refractivity contribution >= 4 is 0 Å². The third-order valence-corrected chi connectivity index (χ3v) is 3.35. The molecule has 0 saturated carbocycles.